The van der Waals surface area contributed by atoms with Crippen molar-refractivity contribution in [2.24, 2.45) is 0 Å². The van der Waals surface area contributed by atoms with Gasteiger partial charge in [-0.2, -0.15) is 0 Å². The predicted octanol–water partition coefficient (Wildman–Crippen LogP) is 4.87. The molecule has 2 aromatic carbocycles. The van der Waals surface area contributed by atoms with Gasteiger partial charge in [-0.1, -0.05) is 45.7 Å². The zero-order valence-electron chi connectivity index (χ0n) is 11.0. The molecule has 3 rings (SSSR count). The van der Waals surface area contributed by atoms with Crippen molar-refractivity contribution in [1.29, 1.82) is 0 Å². The molecule has 1 heterocycles. The van der Waals surface area contributed by atoms with Gasteiger partial charge in [-0.15, -0.1) is 0 Å². The summed E-state index contributed by atoms with van der Waals surface area (Å²) in [6.07, 6.45) is 0.887. The van der Waals surface area contributed by atoms with E-state index in [1.165, 1.54) is 0 Å². The summed E-state index contributed by atoms with van der Waals surface area (Å²) in [5, 5.41) is 3.55. The summed E-state index contributed by atoms with van der Waals surface area (Å²) in [5.41, 5.74) is 3.98. The number of fused-ring (bicyclic) bond motifs is 1. The van der Waals surface area contributed by atoms with Crippen molar-refractivity contribution in [1.82, 2.24) is 5.32 Å². The SMILES string of the molecule is O=C1NCCc2ccc(C(Br)c3ccc(Br)c(Cl)c3)cc21. The number of alkyl halides is 1. The van der Waals surface area contributed by atoms with E-state index in [1.54, 1.807) is 0 Å². The van der Waals surface area contributed by atoms with Crippen LogP contribution in [0.15, 0.2) is 40.9 Å². The maximum atomic E-state index is 11.9. The third kappa shape index (κ3) is 3.03. The lowest BCUT2D eigenvalue weighted by molar-refractivity contribution is 0.0946. The molecule has 21 heavy (non-hydrogen) atoms. The molecule has 1 aliphatic heterocycles. The van der Waals surface area contributed by atoms with Gasteiger partial charge in [0.1, 0.15) is 0 Å². The molecule has 0 spiro atoms. The summed E-state index contributed by atoms with van der Waals surface area (Å²) in [4.78, 5) is 11.9. The number of halogens is 3. The molecular formula is C16H12Br2ClNO. The van der Waals surface area contributed by atoms with Crippen LogP contribution in [0.1, 0.15) is 31.9 Å². The van der Waals surface area contributed by atoms with E-state index < -0.39 is 0 Å². The van der Waals surface area contributed by atoms with Crippen molar-refractivity contribution in [3.8, 4) is 0 Å². The summed E-state index contributed by atoms with van der Waals surface area (Å²) < 4.78 is 0.873. The van der Waals surface area contributed by atoms with Crippen LogP contribution in [0.25, 0.3) is 0 Å². The maximum Gasteiger partial charge on any atom is 0.251 e. The van der Waals surface area contributed by atoms with Crippen molar-refractivity contribution in [2.75, 3.05) is 6.54 Å². The molecule has 1 atom stereocenters. The van der Waals surface area contributed by atoms with E-state index in [1.807, 2.05) is 30.3 Å². The van der Waals surface area contributed by atoms with Crippen LogP contribution in [0.4, 0.5) is 0 Å². The second-order valence-electron chi connectivity index (χ2n) is 4.96. The number of rotatable bonds is 2. The number of carbonyl (C=O) groups excluding carboxylic acids is 1. The lowest BCUT2D eigenvalue weighted by Crippen LogP contribution is -2.31. The topological polar surface area (TPSA) is 29.1 Å². The Bertz CT molecular complexity index is 717. The molecule has 1 aliphatic rings. The molecule has 0 bridgehead atoms. The van der Waals surface area contributed by atoms with E-state index in [-0.39, 0.29) is 10.7 Å². The number of nitrogens with one attached hydrogen (secondary N) is 1. The molecule has 5 heteroatoms. The average Bonchev–Trinajstić information content (AvgIpc) is 2.49. The molecule has 108 valence electrons. The Labute approximate surface area is 145 Å². The Hall–Kier alpha value is -0.840. The van der Waals surface area contributed by atoms with Gasteiger partial charge in [-0.05, 0) is 57.2 Å². The van der Waals surface area contributed by atoms with Gasteiger partial charge in [-0.25, -0.2) is 0 Å². The molecule has 0 saturated carbocycles. The highest BCUT2D eigenvalue weighted by molar-refractivity contribution is 9.10. The lowest BCUT2D eigenvalue weighted by atomic mass is 9.95. The third-order valence-electron chi connectivity index (χ3n) is 3.59. The molecule has 0 aliphatic carbocycles. The van der Waals surface area contributed by atoms with E-state index in [0.717, 1.165) is 33.1 Å². The van der Waals surface area contributed by atoms with Crippen LogP contribution in [0, 0.1) is 0 Å². The molecule has 0 saturated heterocycles. The van der Waals surface area contributed by atoms with Gasteiger partial charge in [-0.3, -0.25) is 4.79 Å². The highest BCUT2D eigenvalue weighted by atomic mass is 79.9. The van der Waals surface area contributed by atoms with Crippen LogP contribution in [0.2, 0.25) is 5.02 Å². The summed E-state index contributed by atoms with van der Waals surface area (Å²) in [5.74, 6) is 0.00615. The molecule has 1 amide bonds. The summed E-state index contributed by atoms with van der Waals surface area (Å²) in [6, 6.07) is 11.9. The van der Waals surface area contributed by atoms with Gasteiger partial charge in [0.05, 0.1) is 9.85 Å². The minimum atomic E-state index is 0.00289. The quantitative estimate of drug-likeness (QED) is 0.678. The first-order valence-corrected chi connectivity index (χ1v) is 8.65. The Kier molecular flexibility index (Phi) is 4.38. The van der Waals surface area contributed by atoms with Crippen molar-refractivity contribution in [3.63, 3.8) is 0 Å². The van der Waals surface area contributed by atoms with E-state index in [9.17, 15) is 4.79 Å². The van der Waals surface area contributed by atoms with Crippen LogP contribution in [0.5, 0.6) is 0 Å². The normalized spacial score (nSPS) is 15.3. The Morgan fingerprint density at radius 1 is 1.14 bits per heavy atom. The van der Waals surface area contributed by atoms with Crippen molar-refractivity contribution in [3.05, 3.63) is 68.1 Å². The zero-order chi connectivity index (χ0) is 15.0. The van der Waals surface area contributed by atoms with E-state index in [0.29, 0.717) is 11.6 Å². The van der Waals surface area contributed by atoms with Crippen LogP contribution < -0.4 is 5.32 Å². The van der Waals surface area contributed by atoms with E-state index in [2.05, 4.69) is 43.2 Å². The molecule has 1 unspecified atom stereocenters. The first-order chi connectivity index (χ1) is 10.1. The fourth-order valence-electron chi connectivity index (χ4n) is 2.45. The highest BCUT2D eigenvalue weighted by Crippen LogP contribution is 2.35. The number of carbonyl (C=O) groups is 1. The fourth-order valence-corrected chi connectivity index (χ4v) is 3.45. The molecule has 1 N–H and O–H groups in total. The van der Waals surface area contributed by atoms with Gasteiger partial charge in [0, 0.05) is 16.6 Å². The first-order valence-electron chi connectivity index (χ1n) is 6.56. The monoisotopic (exact) mass is 427 g/mol. The Morgan fingerprint density at radius 2 is 1.86 bits per heavy atom. The van der Waals surface area contributed by atoms with Crippen molar-refractivity contribution in [2.45, 2.75) is 11.2 Å². The predicted molar refractivity (Wildman–Crippen MR) is 92.4 cm³/mol. The smallest absolute Gasteiger partial charge is 0.251 e. The molecule has 2 aromatic rings. The minimum absolute atomic E-state index is 0.00289. The van der Waals surface area contributed by atoms with Gasteiger partial charge >= 0.3 is 0 Å². The van der Waals surface area contributed by atoms with Gasteiger partial charge in [0.2, 0.25) is 0 Å². The number of amides is 1. The minimum Gasteiger partial charge on any atom is -0.352 e. The second-order valence-corrected chi connectivity index (χ2v) is 7.14. The fraction of sp³-hybridized carbons (Fsp3) is 0.188. The molecule has 0 fully saturated rings. The highest BCUT2D eigenvalue weighted by Gasteiger charge is 2.19. The summed E-state index contributed by atoms with van der Waals surface area (Å²) >= 11 is 13.2. The number of hydrogen-bond donors (Lipinski definition) is 1. The van der Waals surface area contributed by atoms with Crippen LogP contribution in [-0.4, -0.2) is 12.5 Å². The molecular weight excluding hydrogens is 417 g/mol. The van der Waals surface area contributed by atoms with Crippen molar-refractivity contribution < 1.29 is 4.79 Å². The lowest BCUT2D eigenvalue weighted by Gasteiger charge is -2.19. The Morgan fingerprint density at radius 3 is 2.62 bits per heavy atom. The molecule has 2 nitrogen and oxygen atoms in total. The van der Waals surface area contributed by atoms with Crippen molar-refractivity contribution >= 4 is 49.4 Å². The third-order valence-corrected chi connectivity index (χ3v) is 5.88. The largest absolute Gasteiger partial charge is 0.352 e. The van der Waals surface area contributed by atoms with Gasteiger partial charge in [0.25, 0.3) is 5.91 Å². The maximum absolute atomic E-state index is 11.9. The number of hydrogen-bond acceptors (Lipinski definition) is 1. The molecule has 0 radical (unpaired) electrons. The van der Waals surface area contributed by atoms with E-state index >= 15 is 0 Å². The van der Waals surface area contributed by atoms with E-state index in [4.69, 9.17) is 11.6 Å². The average molecular weight is 430 g/mol. The summed E-state index contributed by atoms with van der Waals surface area (Å²) in [6.45, 7) is 0.714. The van der Waals surface area contributed by atoms with Crippen LogP contribution >= 0.6 is 43.5 Å². The van der Waals surface area contributed by atoms with Crippen LogP contribution in [0.3, 0.4) is 0 Å². The number of benzene rings is 2. The second kappa shape index (κ2) is 6.11. The standard InChI is InChI=1S/C16H12Br2ClNO/c17-13-4-3-11(8-14(13)19)15(18)10-2-1-9-5-6-20-16(21)12(9)7-10/h1-4,7-8,15H,5-6H2,(H,20,21). The molecule has 0 aromatic heterocycles. The summed E-state index contributed by atoms with van der Waals surface area (Å²) in [7, 11) is 0. The first kappa shape index (κ1) is 15.1. The zero-order valence-corrected chi connectivity index (χ0v) is 14.9. The van der Waals surface area contributed by atoms with Gasteiger partial charge in [0.15, 0.2) is 0 Å². The van der Waals surface area contributed by atoms with Crippen LogP contribution in [-0.2, 0) is 6.42 Å². The Balaban J connectivity index is 1.98. The van der Waals surface area contributed by atoms with Gasteiger partial charge < -0.3 is 5.32 Å².